The predicted octanol–water partition coefficient (Wildman–Crippen LogP) is 4.86. The van der Waals surface area contributed by atoms with E-state index in [1.807, 2.05) is 56.4 Å². The van der Waals surface area contributed by atoms with Gasteiger partial charge < -0.3 is 10.2 Å². The van der Waals surface area contributed by atoms with Gasteiger partial charge in [0.2, 0.25) is 0 Å². The molecule has 0 spiro atoms. The normalized spacial score (nSPS) is 10.5. The van der Waals surface area contributed by atoms with E-state index < -0.39 is 0 Å². The summed E-state index contributed by atoms with van der Waals surface area (Å²) in [6.45, 7) is 2.69. The molecule has 25 heavy (non-hydrogen) atoms. The van der Waals surface area contributed by atoms with Crippen LogP contribution >= 0.6 is 11.6 Å². The molecule has 3 aromatic rings. The summed E-state index contributed by atoms with van der Waals surface area (Å²) in [5.41, 5.74) is 2.29. The molecule has 0 amide bonds. The molecule has 128 valence electrons. The van der Waals surface area contributed by atoms with Crippen molar-refractivity contribution in [1.29, 1.82) is 0 Å². The third kappa shape index (κ3) is 4.70. The predicted molar refractivity (Wildman–Crippen MR) is 105 cm³/mol. The number of aromatic nitrogens is 2. The fourth-order valence-electron chi connectivity index (χ4n) is 2.63. The Morgan fingerprint density at radius 3 is 2.56 bits per heavy atom. The van der Waals surface area contributed by atoms with Crippen LogP contribution in [-0.2, 0) is 6.42 Å². The number of hydrogen-bond acceptors (Lipinski definition) is 4. The lowest BCUT2D eigenvalue weighted by Crippen LogP contribution is -2.14. The summed E-state index contributed by atoms with van der Waals surface area (Å²) in [5.74, 6) is 2.43. The lowest BCUT2D eigenvalue weighted by molar-refractivity contribution is 0.970. The van der Waals surface area contributed by atoms with Crippen molar-refractivity contribution >= 4 is 28.9 Å². The molecular weight excluding hydrogens is 332 g/mol. The van der Waals surface area contributed by atoms with Gasteiger partial charge in [-0.2, -0.15) is 0 Å². The number of nitrogens with one attached hydrogen (secondary N) is 1. The number of halogens is 1. The van der Waals surface area contributed by atoms with Gasteiger partial charge in [0.1, 0.15) is 17.5 Å². The molecule has 0 unspecified atom stereocenters. The summed E-state index contributed by atoms with van der Waals surface area (Å²) in [6, 6.07) is 20.1. The molecule has 5 heteroatoms. The number of aryl methyl sites for hydroxylation is 1. The third-order valence-corrected chi connectivity index (χ3v) is 4.16. The van der Waals surface area contributed by atoms with E-state index in [4.69, 9.17) is 11.6 Å². The maximum atomic E-state index is 6.03. The van der Waals surface area contributed by atoms with Gasteiger partial charge in [-0.05, 0) is 43.2 Å². The molecule has 0 bridgehead atoms. The van der Waals surface area contributed by atoms with Crippen LogP contribution in [0.25, 0.3) is 0 Å². The van der Waals surface area contributed by atoms with E-state index in [1.165, 1.54) is 5.56 Å². The van der Waals surface area contributed by atoms with Gasteiger partial charge in [0, 0.05) is 30.4 Å². The second-order valence-electron chi connectivity index (χ2n) is 5.86. The van der Waals surface area contributed by atoms with Crippen LogP contribution in [-0.4, -0.2) is 23.6 Å². The first-order valence-electron chi connectivity index (χ1n) is 8.24. The zero-order valence-corrected chi connectivity index (χ0v) is 15.2. The van der Waals surface area contributed by atoms with Gasteiger partial charge in [-0.1, -0.05) is 41.9 Å². The summed E-state index contributed by atoms with van der Waals surface area (Å²) >= 11 is 6.03. The first-order valence-corrected chi connectivity index (χ1v) is 8.62. The first-order chi connectivity index (χ1) is 12.1. The fourth-order valence-corrected chi connectivity index (χ4v) is 2.84. The highest BCUT2D eigenvalue weighted by Crippen LogP contribution is 2.23. The maximum absolute atomic E-state index is 6.03. The molecular formula is C20H21ClN4. The number of anilines is 3. The highest BCUT2D eigenvalue weighted by Gasteiger charge is 2.08. The molecule has 0 saturated heterocycles. The van der Waals surface area contributed by atoms with Crippen molar-refractivity contribution in [3.05, 3.63) is 77.1 Å². The van der Waals surface area contributed by atoms with Gasteiger partial charge in [0.15, 0.2) is 0 Å². The zero-order chi connectivity index (χ0) is 17.6. The number of rotatable bonds is 6. The molecule has 0 saturated carbocycles. The van der Waals surface area contributed by atoms with E-state index in [0.717, 1.165) is 41.1 Å². The van der Waals surface area contributed by atoms with Crippen LogP contribution < -0.4 is 10.2 Å². The van der Waals surface area contributed by atoms with E-state index in [0.29, 0.717) is 0 Å². The second kappa shape index (κ2) is 7.99. The van der Waals surface area contributed by atoms with Crippen LogP contribution in [0.3, 0.4) is 0 Å². The standard InChI is InChI=1S/C20H21ClN4/c1-15-23-19(22-12-11-16-7-6-8-17(21)13-16)14-20(24-15)25(2)18-9-4-3-5-10-18/h3-10,13-14H,11-12H2,1-2H3,(H,22,23,24). The largest absolute Gasteiger partial charge is 0.370 e. The quantitative estimate of drug-likeness (QED) is 0.687. The smallest absolute Gasteiger partial charge is 0.138 e. The molecule has 0 radical (unpaired) electrons. The number of hydrogen-bond donors (Lipinski definition) is 1. The Kier molecular flexibility index (Phi) is 5.51. The van der Waals surface area contributed by atoms with E-state index in [1.54, 1.807) is 0 Å². The highest BCUT2D eigenvalue weighted by atomic mass is 35.5. The monoisotopic (exact) mass is 352 g/mol. The van der Waals surface area contributed by atoms with Gasteiger partial charge in [0.25, 0.3) is 0 Å². The summed E-state index contributed by atoms with van der Waals surface area (Å²) in [5, 5.41) is 4.15. The number of nitrogens with zero attached hydrogens (tertiary/aromatic N) is 3. The maximum Gasteiger partial charge on any atom is 0.138 e. The second-order valence-corrected chi connectivity index (χ2v) is 6.30. The topological polar surface area (TPSA) is 41.1 Å². The van der Waals surface area contributed by atoms with E-state index in [9.17, 15) is 0 Å². The van der Waals surface area contributed by atoms with Crippen molar-refractivity contribution < 1.29 is 0 Å². The van der Waals surface area contributed by atoms with Crippen LogP contribution in [0, 0.1) is 6.92 Å². The van der Waals surface area contributed by atoms with Crippen LogP contribution in [0.5, 0.6) is 0 Å². The summed E-state index contributed by atoms with van der Waals surface area (Å²) < 4.78 is 0. The molecule has 0 aliphatic heterocycles. The summed E-state index contributed by atoms with van der Waals surface area (Å²) in [4.78, 5) is 11.1. The average Bonchev–Trinajstić information content (AvgIpc) is 2.61. The number of benzene rings is 2. The molecule has 0 atom stereocenters. The Balaban J connectivity index is 1.69. The van der Waals surface area contributed by atoms with E-state index >= 15 is 0 Å². The Hall–Kier alpha value is -2.59. The van der Waals surface area contributed by atoms with Crippen molar-refractivity contribution in [2.24, 2.45) is 0 Å². The van der Waals surface area contributed by atoms with Crippen LogP contribution in [0.15, 0.2) is 60.7 Å². The van der Waals surface area contributed by atoms with Gasteiger partial charge in [-0.25, -0.2) is 9.97 Å². The van der Waals surface area contributed by atoms with Crippen LogP contribution in [0.2, 0.25) is 5.02 Å². The van der Waals surface area contributed by atoms with Gasteiger partial charge in [0.05, 0.1) is 0 Å². The SMILES string of the molecule is Cc1nc(NCCc2cccc(Cl)c2)cc(N(C)c2ccccc2)n1. The van der Waals surface area contributed by atoms with Crippen molar-refractivity contribution in [3.8, 4) is 0 Å². The van der Waals surface area contributed by atoms with Crippen molar-refractivity contribution in [2.75, 3.05) is 23.8 Å². The molecule has 1 N–H and O–H groups in total. The van der Waals surface area contributed by atoms with E-state index in [-0.39, 0.29) is 0 Å². The Labute approximate surface area is 153 Å². The molecule has 1 heterocycles. The summed E-state index contributed by atoms with van der Waals surface area (Å²) in [7, 11) is 2.01. The third-order valence-electron chi connectivity index (χ3n) is 3.92. The first kappa shape index (κ1) is 17.2. The van der Waals surface area contributed by atoms with Crippen molar-refractivity contribution in [1.82, 2.24) is 9.97 Å². The van der Waals surface area contributed by atoms with Crippen molar-refractivity contribution in [3.63, 3.8) is 0 Å². The van der Waals surface area contributed by atoms with Gasteiger partial charge in [-0.3, -0.25) is 0 Å². The lowest BCUT2D eigenvalue weighted by atomic mass is 10.1. The number of para-hydroxylation sites is 1. The molecule has 0 fully saturated rings. The van der Waals surface area contributed by atoms with Crippen molar-refractivity contribution in [2.45, 2.75) is 13.3 Å². The Bertz CT molecular complexity index is 836. The Morgan fingerprint density at radius 2 is 1.80 bits per heavy atom. The lowest BCUT2D eigenvalue weighted by Gasteiger charge is -2.19. The minimum Gasteiger partial charge on any atom is -0.370 e. The molecule has 1 aromatic heterocycles. The molecule has 0 aliphatic carbocycles. The van der Waals surface area contributed by atoms with Gasteiger partial charge >= 0.3 is 0 Å². The Morgan fingerprint density at radius 1 is 1.00 bits per heavy atom. The molecule has 3 rings (SSSR count). The van der Waals surface area contributed by atoms with Gasteiger partial charge in [-0.15, -0.1) is 0 Å². The molecule has 4 nitrogen and oxygen atoms in total. The summed E-state index contributed by atoms with van der Waals surface area (Å²) in [6.07, 6.45) is 0.882. The molecule has 2 aromatic carbocycles. The minimum absolute atomic E-state index is 0.741. The zero-order valence-electron chi connectivity index (χ0n) is 14.4. The fraction of sp³-hybridized carbons (Fsp3) is 0.200. The highest BCUT2D eigenvalue weighted by molar-refractivity contribution is 6.30. The van der Waals surface area contributed by atoms with Crippen LogP contribution in [0.4, 0.5) is 17.3 Å². The average molecular weight is 353 g/mol. The molecule has 0 aliphatic rings. The van der Waals surface area contributed by atoms with Crippen LogP contribution in [0.1, 0.15) is 11.4 Å². The minimum atomic E-state index is 0.741. The van der Waals surface area contributed by atoms with E-state index in [2.05, 4.69) is 38.4 Å².